The Labute approximate surface area is 143 Å². The number of fused-ring (bicyclic) bond motifs is 1. The second kappa shape index (κ2) is 9.25. The molecule has 2 rings (SSSR count). The molecule has 0 aliphatic heterocycles. The van der Waals surface area contributed by atoms with Crippen LogP contribution >= 0.6 is 0 Å². The van der Waals surface area contributed by atoms with Gasteiger partial charge in [-0.3, -0.25) is 4.99 Å². The van der Waals surface area contributed by atoms with E-state index in [2.05, 4.69) is 4.99 Å². The summed E-state index contributed by atoms with van der Waals surface area (Å²) in [5.74, 6) is 1.44. The lowest BCUT2D eigenvalue weighted by Gasteiger charge is -2.14. The van der Waals surface area contributed by atoms with Gasteiger partial charge in [-0.15, -0.1) is 0 Å². The number of rotatable bonds is 9. The number of hydrogen-bond acceptors (Lipinski definition) is 5. The maximum atomic E-state index is 5.50. The topological polar surface area (TPSA) is 49.3 Å². The first kappa shape index (κ1) is 18.2. The first-order valence-corrected chi connectivity index (χ1v) is 8.11. The fourth-order valence-corrected chi connectivity index (χ4v) is 2.51. The van der Waals surface area contributed by atoms with Crippen molar-refractivity contribution in [1.82, 2.24) is 0 Å². The zero-order chi connectivity index (χ0) is 17.4. The molecule has 0 saturated heterocycles. The molecular weight excluding hydrogens is 306 g/mol. The van der Waals surface area contributed by atoms with Gasteiger partial charge in [0.05, 0.1) is 20.8 Å². The number of ether oxygens (including phenoxy) is 4. The SMILES string of the molecule is CCOC(CN=Cc1ccc2ccc(OC)c(OC)c2c1)OCC. The summed E-state index contributed by atoms with van der Waals surface area (Å²) < 4.78 is 21.8. The van der Waals surface area contributed by atoms with E-state index >= 15 is 0 Å². The highest BCUT2D eigenvalue weighted by Crippen LogP contribution is 2.35. The van der Waals surface area contributed by atoms with Crippen LogP contribution in [0, 0.1) is 0 Å². The van der Waals surface area contributed by atoms with Gasteiger partial charge in [-0.05, 0) is 36.9 Å². The Balaban J connectivity index is 2.21. The van der Waals surface area contributed by atoms with Crippen LogP contribution in [0.1, 0.15) is 19.4 Å². The lowest BCUT2D eigenvalue weighted by molar-refractivity contribution is -0.128. The molecule has 0 amide bonds. The van der Waals surface area contributed by atoms with Gasteiger partial charge in [-0.2, -0.15) is 0 Å². The molecule has 0 spiro atoms. The summed E-state index contributed by atoms with van der Waals surface area (Å²) in [6, 6.07) is 10.0. The first-order valence-electron chi connectivity index (χ1n) is 8.11. The molecule has 0 fully saturated rings. The van der Waals surface area contributed by atoms with Crippen LogP contribution in [0.2, 0.25) is 0 Å². The molecule has 5 heteroatoms. The van der Waals surface area contributed by atoms with Crippen molar-refractivity contribution >= 4 is 17.0 Å². The summed E-state index contributed by atoms with van der Waals surface area (Å²) in [4.78, 5) is 4.44. The summed E-state index contributed by atoms with van der Waals surface area (Å²) in [6.07, 6.45) is 1.52. The maximum Gasteiger partial charge on any atom is 0.176 e. The Kier molecular flexibility index (Phi) is 7.03. The average Bonchev–Trinajstić information content (AvgIpc) is 2.60. The minimum absolute atomic E-state index is 0.300. The molecule has 5 nitrogen and oxygen atoms in total. The van der Waals surface area contributed by atoms with Crippen LogP contribution in [0.15, 0.2) is 35.3 Å². The third-order valence-corrected chi connectivity index (χ3v) is 3.58. The minimum atomic E-state index is -0.300. The Morgan fingerprint density at radius 2 is 1.71 bits per heavy atom. The third-order valence-electron chi connectivity index (χ3n) is 3.58. The van der Waals surface area contributed by atoms with Crippen molar-refractivity contribution in [3.63, 3.8) is 0 Å². The van der Waals surface area contributed by atoms with Crippen molar-refractivity contribution in [2.24, 2.45) is 4.99 Å². The number of methoxy groups -OCH3 is 2. The molecule has 0 N–H and O–H groups in total. The molecule has 0 aromatic heterocycles. The summed E-state index contributed by atoms with van der Waals surface area (Å²) in [7, 11) is 3.28. The largest absolute Gasteiger partial charge is 0.493 e. The standard InChI is InChI=1S/C19H25NO4/c1-5-23-18(24-6-2)13-20-12-14-7-8-15-9-10-17(21-3)19(22-4)16(15)11-14/h7-12,18H,5-6,13H2,1-4H3. The molecule has 0 saturated carbocycles. The number of hydrogen-bond donors (Lipinski definition) is 0. The van der Waals surface area contributed by atoms with Gasteiger partial charge >= 0.3 is 0 Å². The third kappa shape index (κ3) is 4.46. The molecule has 2 aromatic carbocycles. The van der Waals surface area contributed by atoms with Crippen LogP contribution in [-0.2, 0) is 9.47 Å². The van der Waals surface area contributed by atoms with E-state index < -0.39 is 0 Å². The van der Waals surface area contributed by atoms with Crippen LogP contribution in [-0.4, -0.2) is 46.5 Å². The van der Waals surface area contributed by atoms with Crippen molar-refractivity contribution in [2.45, 2.75) is 20.1 Å². The van der Waals surface area contributed by atoms with Gasteiger partial charge in [-0.25, -0.2) is 0 Å². The van der Waals surface area contributed by atoms with Crippen molar-refractivity contribution < 1.29 is 18.9 Å². The smallest absolute Gasteiger partial charge is 0.176 e. The Hall–Kier alpha value is -2.11. The van der Waals surface area contributed by atoms with E-state index in [1.807, 2.05) is 50.4 Å². The Morgan fingerprint density at radius 1 is 1.00 bits per heavy atom. The highest BCUT2D eigenvalue weighted by atomic mass is 16.7. The van der Waals surface area contributed by atoms with Gasteiger partial charge in [0, 0.05) is 24.8 Å². The zero-order valence-corrected chi connectivity index (χ0v) is 14.7. The van der Waals surface area contributed by atoms with Gasteiger partial charge in [0.1, 0.15) is 0 Å². The molecule has 0 radical (unpaired) electrons. The van der Waals surface area contributed by atoms with Crippen molar-refractivity contribution in [2.75, 3.05) is 34.0 Å². The summed E-state index contributed by atoms with van der Waals surface area (Å²) in [5, 5.41) is 2.08. The summed E-state index contributed by atoms with van der Waals surface area (Å²) in [6.45, 7) is 5.56. The fraction of sp³-hybridized carbons (Fsp3) is 0.421. The lowest BCUT2D eigenvalue weighted by atomic mass is 10.1. The van der Waals surface area contributed by atoms with Crippen molar-refractivity contribution in [3.05, 3.63) is 35.9 Å². The van der Waals surface area contributed by atoms with Gasteiger partial charge < -0.3 is 18.9 Å². The minimum Gasteiger partial charge on any atom is -0.493 e. The molecule has 24 heavy (non-hydrogen) atoms. The van der Waals surface area contributed by atoms with E-state index in [0.717, 1.165) is 22.1 Å². The predicted octanol–water partition coefficient (Wildman–Crippen LogP) is 3.68. The second-order valence-electron chi connectivity index (χ2n) is 5.12. The molecule has 0 atom stereocenters. The lowest BCUT2D eigenvalue weighted by Crippen LogP contribution is -2.20. The van der Waals surface area contributed by atoms with Crippen LogP contribution in [0.3, 0.4) is 0 Å². The summed E-state index contributed by atoms with van der Waals surface area (Å²) in [5.41, 5.74) is 0.987. The summed E-state index contributed by atoms with van der Waals surface area (Å²) >= 11 is 0. The van der Waals surface area contributed by atoms with Crippen molar-refractivity contribution in [1.29, 1.82) is 0 Å². The quantitative estimate of drug-likeness (QED) is 0.519. The first-order chi connectivity index (χ1) is 11.7. The molecule has 0 bridgehead atoms. The molecule has 2 aromatic rings. The van der Waals surface area contributed by atoms with Crippen LogP contribution in [0.4, 0.5) is 0 Å². The van der Waals surface area contributed by atoms with Crippen molar-refractivity contribution in [3.8, 4) is 11.5 Å². The Bertz CT molecular complexity index is 678. The maximum absolute atomic E-state index is 5.50. The number of nitrogens with zero attached hydrogens (tertiary/aromatic N) is 1. The fourth-order valence-electron chi connectivity index (χ4n) is 2.51. The molecule has 130 valence electrons. The van der Waals surface area contributed by atoms with E-state index in [0.29, 0.717) is 25.5 Å². The van der Waals surface area contributed by atoms with Gasteiger partial charge in [-0.1, -0.05) is 18.2 Å². The van der Waals surface area contributed by atoms with Gasteiger partial charge in [0.25, 0.3) is 0 Å². The molecule has 0 aliphatic rings. The highest BCUT2D eigenvalue weighted by Gasteiger charge is 2.09. The van der Waals surface area contributed by atoms with Gasteiger partial charge in [0.2, 0.25) is 0 Å². The second-order valence-corrected chi connectivity index (χ2v) is 5.12. The van der Waals surface area contributed by atoms with Gasteiger partial charge in [0.15, 0.2) is 17.8 Å². The monoisotopic (exact) mass is 331 g/mol. The molecular formula is C19H25NO4. The van der Waals surface area contributed by atoms with E-state index in [-0.39, 0.29) is 6.29 Å². The number of aliphatic imine (C=N–C) groups is 1. The zero-order valence-electron chi connectivity index (χ0n) is 14.7. The van der Waals surface area contributed by atoms with E-state index in [1.54, 1.807) is 14.2 Å². The van der Waals surface area contributed by atoms with Crippen LogP contribution < -0.4 is 9.47 Å². The van der Waals surface area contributed by atoms with E-state index in [1.165, 1.54) is 0 Å². The van der Waals surface area contributed by atoms with E-state index in [9.17, 15) is 0 Å². The van der Waals surface area contributed by atoms with Crippen LogP contribution in [0.25, 0.3) is 10.8 Å². The van der Waals surface area contributed by atoms with Crippen LogP contribution in [0.5, 0.6) is 11.5 Å². The molecule has 0 aliphatic carbocycles. The Morgan fingerprint density at radius 3 is 2.33 bits per heavy atom. The molecule has 0 heterocycles. The molecule has 0 unspecified atom stereocenters. The number of benzene rings is 2. The highest BCUT2D eigenvalue weighted by molar-refractivity contribution is 5.95. The normalized spacial score (nSPS) is 11.5. The average molecular weight is 331 g/mol. The van der Waals surface area contributed by atoms with E-state index in [4.69, 9.17) is 18.9 Å². The predicted molar refractivity (Wildman–Crippen MR) is 96.6 cm³/mol.